The molecule has 25 heavy (non-hydrogen) atoms. The van der Waals surface area contributed by atoms with Crippen LogP contribution in [0.5, 0.6) is 0 Å². The van der Waals surface area contributed by atoms with Crippen molar-refractivity contribution in [2.24, 2.45) is 0 Å². The molecule has 6 rings (SSSR count). The Balaban J connectivity index is 1.89. The summed E-state index contributed by atoms with van der Waals surface area (Å²) < 4.78 is 0. The summed E-state index contributed by atoms with van der Waals surface area (Å²) in [6, 6.07) is 17.0. The maximum absolute atomic E-state index is 4.70. The van der Waals surface area contributed by atoms with Gasteiger partial charge in [0.1, 0.15) is 0 Å². The van der Waals surface area contributed by atoms with E-state index < -0.39 is 8.07 Å². The Hall–Kier alpha value is -3.18. The van der Waals surface area contributed by atoms with Crippen LogP contribution in [0.15, 0.2) is 73.3 Å². The predicted octanol–water partition coefficient (Wildman–Crippen LogP) is 0.605. The number of fused-ring (bicyclic) bond motifs is 10. The molecule has 0 unspecified atom stereocenters. The molecule has 2 aliphatic heterocycles. The Labute approximate surface area is 145 Å². The molecular formula is C20H12N4Si. The van der Waals surface area contributed by atoms with Crippen molar-refractivity contribution in [2.45, 2.75) is 0 Å². The fourth-order valence-electron chi connectivity index (χ4n) is 4.46. The van der Waals surface area contributed by atoms with Crippen LogP contribution in [-0.4, -0.2) is 28.0 Å². The second-order valence-electron chi connectivity index (χ2n) is 6.35. The minimum atomic E-state index is -2.40. The van der Waals surface area contributed by atoms with E-state index in [1.807, 2.05) is 49.1 Å². The third-order valence-electron chi connectivity index (χ3n) is 5.30. The first-order valence-corrected chi connectivity index (χ1v) is 10.2. The van der Waals surface area contributed by atoms with Crippen LogP contribution in [0.1, 0.15) is 0 Å². The van der Waals surface area contributed by atoms with Crippen LogP contribution in [-0.2, 0) is 0 Å². The van der Waals surface area contributed by atoms with Crippen molar-refractivity contribution in [2.75, 3.05) is 0 Å². The van der Waals surface area contributed by atoms with E-state index in [0.29, 0.717) is 0 Å². The Morgan fingerprint density at radius 1 is 0.440 bits per heavy atom. The van der Waals surface area contributed by atoms with Gasteiger partial charge >= 0.3 is 0 Å². The van der Waals surface area contributed by atoms with Crippen molar-refractivity contribution in [3.8, 4) is 22.8 Å². The Bertz CT molecular complexity index is 984. The highest BCUT2D eigenvalue weighted by Gasteiger charge is 2.56. The average molecular weight is 336 g/mol. The zero-order valence-electron chi connectivity index (χ0n) is 13.2. The lowest BCUT2D eigenvalue weighted by Gasteiger charge is -2.26. The molecule has 0 aliphatic carbocycles. The number of hydrogen-bond donors (Lipinski definition) is 0. The quantitative estimate of drug-likeness (QED) is 0.381. The van der Waals surface area contributed by atoms with Crippen LogP contribution < -0.4 is 20.7 Å². The number of aromatic nitrogens is 4. The first-order chi connectivity index (χ1) is 12.4. The van der Waals surface area contributed by atoms with Crippen molar-refractivity contribution in [1.29, 1.82) is 0 Å². The molecule has 0 aromatic carbocycles. The van der Waals surface area contributed by atoms with E-state index in [4.69, 9.17) is 19.9 Å². The first-order valence-electron chi connectivity index (χ1n) is 8.25. The van der Waals surface area contributed by atoms with Crippen molar-refractivity contribution < 1.29 is 0 Å². The van der Waals surface area contributed by atoms with Gasteiger partial charge in [-0.15, -0.1) is 0 Å². The van der Waals surface area contributed by atoms with Gasteiger partial charge in [-0.05, 0) is 45.0 Å². The van der Waals surface area contributed by atoms with E-state index >= 15 is 0 Å². The number of rotatable bonds is 0. The summed E-state index contributed by atoms with van der Waals surface area (Å²) in [6.45, 7) is 0. The summed E-state index contributed by atoms with van der Waals surface area (Å²) in [6.07, 6.45) is 7.42. The predicted molar refractivity (Wildman–Crippen MR) is 99.2 cm³/mol. The highest BCUT2D eigenvalue weighted by molar-refractivity contribution is 7.24. The average Bonchev–Trinajstić information content (AvgIpc) is 3.16. The molecule has 0 atom stereocenters. The van der Waals surface area contributed by atoms with E-state index in [-0.39, 0.29) is 0 Å². The highest BCUT2D eigenvalue weighted by Crippen LogP contribution is 2.31. The molecule has 0 saturated heterocycles. The van der Waals surface area contributed by atoms with Gasteiger partial charge < -0.3 is 0 Å². The normalized spacial score (nSPS) is 14.7. The number of hydrogen-bond acceptors (Lipinski definition) is 4. The molecule has 2 aliphatic rings. The van der Waals surface area contributed by atoms with Gasteiger partial charge in [-0.1, -0.05) is 24.3 Å². The molecule has 4 nitrogen and oxygen atoms in total. The minimum Gasteiger partial charge on any atom is -0.255 e. The van der Waals surface area contributed by atoms with Crippen LogP contribution in [0.2, 0.25) is 0 Å². The molecule has 4 aromatic rings. The SMILES string of the molecule is c1cnc2c(c1)[Si]1(c3cccnc3-2)c2cccnc2-c2ncccc21. The van der Waals surface area contributed by atoms with E-state index in [0.717, 1.165) is 22.8 Å². The molecule has 0 bridgehead atoms. The smallest absolute Gasteiger partial charge is 0.189 e. The summed E-state index contributed by atoms with van der Waals surface area (Å²) in [4.78, 5) is 18.8. The van der Waals surface area contributed by atoms with Gasteiger partial charge in [0.2, 0.25) is 0 Å². The molecule has 4 aromatic heterocycles. The third-order valence-corrected chi connectivity index (χ3v) is 10.1. The zero-order valence-corrected chi connectivity index (χ0v) is 14.2. The topological polar surface area (TPSA) is 51.6 Å². The van der Waals surface area contributed by atoms with Gasteiger partial charge in [0.25, 0.3) is 0 Å². The molecule has 0 amide bonds. The molecule has 5 heteroatoms. The lowest BCUT2D eigenvalue weighted by Crippen LogP contribution is -2.70. The molecule has 0 fully saturated rings. The monoisotopic (exact) mass is 336 g/mol. The Kier molecular flexibility index (Phi) is 2.34. The molecule has 6 heterocycles. The van der Waals surface area contributed by atoms with Gasteiger partial charge in [0, 0.05) is 24.8 Å². The van der Waals surface area contributed by atoms with Gasteiger partial charge in [-0.3, -0.25) is 19.9 Å². The van der Waals surface area contributed by atoms with Crippen LogP contribution in [0.4, 0.5) is 0 Å². The molecule has 1 spiro atoms. The van der Waals surface area contributed by atoms with Crippen molar-refractivity contribution in [1.82, 2.24) is 19.9 Å². The van der Waals surface area contributed by atoms with Gasteiger partial charge in [0.05, 0.1) is 22.8 Å². The fraction of sp³-hybridized carbons (Fsp3) is 0. The molecule has 0 saturated carbocycles. The summed E-state index contributed by atoms with van der Waals surface area (Å²) in [5, 5.41) is 5.18. The largest absolute Gasteiger partial charge is 0.255 e. The second-order valence-corrected chi connectivity index (χ2v) is 10.0. The van der Waals surface area contributed by atoms with Gasteiger partial charge in [-0.25, -0.2) is 0 Å². The maximum Gasteiger partial charge on any atom is 0.189 e. The van der Waals surface area contributed by atoms with E-state index in [2.05, 4.69) is 24.3 Å². The van der Waals surface area contributed by atoms with Gasteiger partial charge in [0.15, 0.2) is 8.07 Å². The van der Waals surface area contributed by atoms with Gasteiger partial charge in [-0.2, -0.15) is 0 Å². The Morgan fingerprint density at radius 2 is 0.720 bits per heavy atom. The van der Waals surface area contributed by atoms with Crippen LogP contribution >= 0.6 is 0 Å². The minimum absolute atomic E-state index is 1.01. The van der Waals surface area contributed by atoms with Crippen molar-refractivity contribution >= 4 is 28.8 Å². The van der Waals surface area contributed by atoms with Crippen molar-refractivity contribution in [3.05, 3.63) is 73.3 Å². The van der Waals surface area contributed by atoms with Crippen LogP contribution in [0.3, 0.4) is 0 Å². The lowest BCUT2D eigenvalue weighted by atomic mass is 10.2. The standard InChI is InChI=1S/C20H12N4Si/c1-5-13-17(21-9-1)18-14(6-2-10-22-18)25(13)15-7-3-11-23-19(15)20-16(25)8-4-12-24-20/h1-12H. The molecular weight excluding hydrogens is 324 g/mol. The molecule has 116 valence electrons. The second kappa shape index (κ2) is 4.46. The van der Waals surface area contributed by atoms with E-state index in [9.17, 15) is 0 Å². The summed E-state index contributed by atoms with van der Waals surface area (Å²) in [7, 11) is -2.40. The molecule has 0 N–H and O–H groups in total. The molecule has 0 radical (unpaired) electrons. The Morgan fingerprint density at radius 3 is 1.00 bits per heavy atom. The maximum atomic E-state index is 4.70. The fourth-order valence-corrected chi connectivity index (χ4v) is 9.74. The summed E-state index contributed by atoms with van der Waals surface area (Å²) in [5.41, 5.74) is 4.04. The van der Waals surface area contributed by atoms with E-state index in [1.54, 1.807) is 0 Å². The zero-order chi connectivity index (χ0) is 16.4. The number of nitrogens with zero attached hydrogens (tertiary/aromatic N) is 4. The lowest BCUT2D eigenvalue weighted by molar-refractivity contribution is 1.28. The van der Waals surface area contributed by atoms with Crippen LogP contribution in [0, 0.1) is 0 Å². The first kappa shape index (κ1) is 13.1. The van der Waals surface area contributed by atoms with Crippen molar-refractivity contribution in [3.63, 3.8) is 0 Å². The third kappa shape index (κ3) is 1.39. The summed E-state index contributed by atoms with van der Waals surface area (Å²) in [5.74, 6) is 0. The highest BCUT2D eigenvalue weighted by atomic mass is 28.3. The van der Waals surface area contributed by atoms with E-state index in [1.165, 1.54) is 20.7 Å². The van der Waals surface area contributed by atoms with Crippen LogP contribution in [0.25, 0.3) is 22.8 Å². The summed E-state index contributed by atoms with van der Waals surface area (Å²) >= 11 is 0. The number of pyridine rings is 4.